The van der Waals surface area contributed by atoms with E-state index >= 15 is 0 Å². The Bertz CT molecular complexity index is 847. The van der Waals surface area contributed by atoms with Crippen LogP contribution in [0.4, 0.5) is 0 Å². The van der Waals surface area contributed by atoms with Crippen molar-refractivity contribution in [1.82, 2.24) is 5.32 Å². The molecule has 0 aliphatic heterocycles. The van der Waals surface area contributed by atoms with Crippen LogP contribution in [0.5, 0.6) is 0 Å². The van der Waals surface area contributed by atoms with Gasteiger partial charge in [-0.2, -0.15) is 0 Å². The molecule has 1 aromatic carbocycles. The number of aryl methyl sites for hydroxylation is 2. The predicted molar refractivity (Wildman–Crippen MR) is 92.3 cm³/mol. The van der Waals surface area contributed by atoms with Gasteiger partial charge in [-0.1, -0.05) is 11.6 Å². The number of hydrogen-bond donors (Lipinski definition) is 2. The zero-order valence-corrected chi connectivity index (χ0v) is 14.5. The number of rotatable bonds is 5. The van der Waals surface area contributed by atoms with E-state index in [1.165, 1.54) is 4.90 Å². The zero-order valence-electron chi connectivity index (χ0n) is 14.5. The fraction of sp³-hybridized carbons (Fsp3) is 0.316. The third kappa shape index (κ3) is 3.08. The SMILES string of the molecule is Cc1ccc2oc(C(=O)NC[C@@H](c3ccco3)[NH+](C)C)c(C)c2c1. The van der Waals surface area contributed by atoms with E-state index < -0.39 is 0 Å². The second kappa shape index (κ2) is 6.53. The Morgan fingerprint density at radius 2 is 2.04 bits per heavy atom. The van der Waals surface area contributed by atoms with Gasteiger partial charge in [-0.3, -0.25) is 4.79 Å². The number of likely N-dealkylation sites (N-methyl/N-ethyl adjacent to an activating group) is 1. The standard InChI is InChI=1S/C19H22N2O3/c1-12-7-8-16-14(10-12)13(2)18(24-16)19(22)20-11-15(21(3)4)17-6-5-9-23-17/h5-10,15H,11H2,1-4H3,(H,20,22)/p+1/t15-/m0/s1. The number of nitrogens with one attached hydrogen (secondary N) is 2. The summed E-state index contributed by atoms with van der Waals surface area (Å²) in [5, 5.41) is 3.96. The third-order valence-corrected chi connectivity index (χ3v) is 4.35. The molecule has 1 atom stereocenters. The number of hydrogen-bond acceptors (Lipinski definition) is 3. The van der Waals surface area contributed by atoms with E-state index in [0.29, 0.717) is 12.3 Å². The Morgan fingerprint density at radius 3 is 2.71 bits per heavy atom. The number of furan rings is 2. The summed E-state index contributed by atoms with van der Waals surface area (Å²) < 4.78 is 11.2. The summed E-state index contributed by atoms with van der Waals surface area (Å²) in [6, 6.07) is 9.77. The molecule has 0 unspecified atom stereocenters. The topological polar surface area (TPSA) is 59.8 Å². The summed E-state index contributed by atoms with van der Waals surface area (Å²) in [6.07, 6.45) is 1.65. The van der Waals surface area contributed by atoms with E-state index in [1.54, 1.807) is 6.26 Å². The van der Waals surface area contributed by atoms with Crippen molar-refractivity contribution in [3.05, 3.63) is 59.2 Å². The number of quaternary nitrogens is 1. The molecule has 3 rings (SSSR count). The summed E-state index contributed by atoms with van der Waals surface area (Å²) in [5.74, 6) is 1.04. The minimum Gasteiger partial charge on any atom is -0.463 e. The first-order valence-electron chi connectivity index (χ1n) is 8.08. The van der Waals surface area contributed by atoms with Gasteiger partial charge in [-0.25, -0.2) is 0 Å². The first kappa shape index (κ1) is 16.3. The lowest BCUT2D eigenvalue weighted by Crippen LogP contribution is -3.07. The van der Waals surface area contributed by atoms with E-state index in [-0.39, 0.29) is 11.9 Å². The molecule has 0 radical (unpaired) electrons. The molecule has 2 heterocycles. The van der Waals surface area contributed by atoms with Crippen LogP contribution >= 0.6 is 0 Å². The average Bonchev–Trinajstić information content (AvgIpc) is 3.16. The molecule has 0 fully saturated rings. The van der Waals surface area contributed by atoms with Crippen molar-refractivity contribution in [2.45, 2.75) is 19.9 Å². The first-order chi connectivity index (χ1) is 11.5. The van der Waals surface area contributed by atoms with Crippen LogP contribution in [-0.2, 0) is 0 Å². The Kier molecular flexibility index (Phi) is 4.44. The van der Waals surface area contributed by atoms with Gasteiger partial charge in [0, 0.05) is 10.9 Å². The average molecular weight is 327 g/mol. The highest BCUT2D eigenvalue weighted by Gasteiger charge is 2.24. The van der Waals surface area contributed by atoms with Gasteiger partial charge in [0.2, 0.25) is 0 Å². The van der Waals surface area contributed by atoms with Crippen LogP contribution in [-0.4, -0.2) is 26.5 Å². The smallest absolute Gasteiger partial charge is 0.287 e. The summed E-state index contributed by atoms with van der Waals surface area (Å²) >= 11 is 0. The summed E-state index contributed by atoms with van der Waals surface area (Å²) in [4.78, 5) is 13.8. The van der Waals surface area contributed by atoms with Gasteiger partial charge in [0.05, 0.1) is 26.9 Å². The van der Waals surface area contributed by atoms with Crippen LogP contribution < -0.4 is 10.2 Å². The molecule has 2 N–H and O–H groups in total. The molecule has 0 bridgehead atoms. The highest BCUT2D eigenvalue weighted by molar-refractivity contribution is 5.99. The monoisotopic (exact) mass is 327 g/mol. The quantitative estimate of drug-likeness (QED) is 0.756. The van der Waals surface area contributed by atoms with Crippen molar-refractivity contribution in [3.8, 4) is 0 Å². The van der Waals surface area contributed by atoms with Crippen LogP contribution in [0.25, 0.3) is 11.0 Å². The van der Waals surface area contributed by atoms with Crippen LogP contribution in [0.2, 0.25) is 0 Å². The van der Waals surface area contributed by atoms with Crippen molar-refractivity contribution in [1.29, 1.82) is 0 Å². The van der Waals surface area contributed by atoms with Gasteiger partial charge in [-0.15, -0.1) is 0 Å². The van der Waals surface area contributed by atoms with Crippen molar-refractivity contribution < 1.29 is 18.5 Å². The molecule has 1 amide bonds. The van der Waals surface area contributed by atoms with Gasteiger partial charge in [0.1, 0.15) is 5.58 Å². The molecule has 0 saturated heterocycles. The van der Waals surface area contributed by atoms with Crippen molar-refractivity contribution in [2.75, 3.05) is 20.6 Å². The van der Waals surface area contributed by atoms with Crippen molar-refractivity contribution in [3.63, 3.8) is 0 Å². The fourth-order valence-electron chi connectivity index (χ4n) is 2.91. The second-order valence-corrected chi connectivity index (χ2v) is 6.41. The van der Waals surface area contributed by atoms with Gasteiger partial charge in [0.25, 0.3) is 5.91 Å². The van der Waals surface area contributed by atoms with E-state index in [4.69, 9.17) is 8.83 Å². The Morgan fingerprint density at radius 1 is 1.25 bits per heavy atom. The molecular formula is C19H23N2O3+. The molecule has 0 aliphatic carbocycles. The molecule has 3 aromatic rings. The maximum atomic E-state index is 12.6. The molecule has 0 saturated carbocycles. The summed E-state index contributed by atoms with van der Waals surface area (Å²) in [7, 11) is 4.07. The molecular weight excluding hydrogens is 304 g/mol. The lowest BCUT2D eigenvalue weighted by molar-refractivity contribution is -0.891. The third-order valence-electron chi connectivity index (χ3n) is 4.35. The number of benzene rings is 1. The second-order valence-electron chi connectivity index (χ2n) is 6.41. The molecule has 5 heteroatoms. The maximum absolute atomic E-state index is 12.6. The normalized spacial score (nSPS) is 12.7. The molecule has 5 nitrogen and oxygen atoms in total. The van der Waals surface area contributed by atoms with E-state index in [0.717, 1.165) is 27.9 Å². The van der Waals surface area contributed by atoms with Crippen LogP contribution in [0.3, 0.4) is 0 Å². The predicted octanol–water partition coefficient (Wildman–Crippen LogP) is 2.26. The largest absolute Gasteiger partial charge is 0.463 e. The van der Waals surface area contributed by atoms with E-state index in [9.17, 15) is 4.79 Å². The van der Waals surface area contributed by atoms with Crippen LogP contribution in [0.1, 0.15) is 33.5 Å². The Labute approximate surface area is 141 Å². The van der Waals surface area contributed by atoms with Crippen LogP contribution in [0.15, 0.2) is 45.4 Å². The zero-order chi connectivity index (χ0) is 17.3. The van der Waals surface area contributed by atoms with E-state index in [1.807, 2.05) is 58.3 Å². The Hall–Kier alpha value is -2.53. The van der Waals surface area contributed by atoms with Crippen molar-refractivity contribution >= 4 is 16.9 Å². The van der Waals surface area contributed by atoms with Gasteiger partial charge in [-0.05, 0) is 38.1 Å². The highest BCUT2D eigenvalue weighted by atomic mass is 16.3. The minimum absolute atomic E-state index is 0.0517. The first-order valence-corrected chi connectivity index (χ1v) is 8.08. The number of fused-ring (bicyclic) bond motifs is 1. The fourth-order valence-corrected chi connectivity index (χ4v) is 2.91. The summed E-state index contributed by atoms with van der Waals surface area (Å²) in [6.45, 7) is 4.42. The molecule has 2 aromatic heterocycles. The number of carbonyl (C=O) groups excluding carboxylic acids is 1. The maximum Gasteiger partial charge on any atom is 0.287 e. The number of carbonyl (C=O) groups is 1. The number of amides is 1. The van der Waals surface area contributed by atoms with Gasteiger partial charge < -0.3 is 19.1 Å². The lowest BCUT2D eigenvalue weighted by atomic mass is 10.1. The molecule has 0 aliphatic rings. The van der Waals surface area contributed by atoms with Gasteiger partial charge >= 0.3 is 0 Å². The lowest BCUT2D eigenvalue weighted by Gasteiger charge is -2.19. The van der Waals surface area contributed by atoms with Gasteiger partial charge in [0.15, 0.2) is 17.6 Å². The molecule has 24 heavy (non-hydrogen) atoms. The van der Waals surface area contributed by atoms with E-state index in [2.05, 4.69) is 5.32 Å². The Balaban J connectivity index is 1.79. The molecule has 0 spiro atoms. The summed E-state index contributed by atoms with van der Waals surface area (Å²) in [5.41, 5.74) is 2.76. The minimum atomic E-state index is -0.195. The molecule has 126 valence electrons. The van der Waals surface area contributed by atoms with Crippen molar-refractivity contribution in [2.24, 2.45) is 0 Å². The van der Waals surface area contributed by atoms with Crippen LogP contribution in [0, 0.1) is 13.8 Å². The highest BCUT2D eigenvalue weighted by Crippen LogP contribution is 2.26.